The normalized spacial score (nSPS) is 12.9. The summed E-state index contributed by atoms with van der Waals surface area (Å²) in [6.45, 7) is 8.21. The van der Waals surface area contributed by atoms with Crippen LogP contribution in [-0.2, 0) is 17.7 Å². The minimum absolute atomic E-state index is 0.675. The second-order valence-corrected chi connectivity index (χ2v) is 4.47. The maximum atomic E-state index is 5.00. The average Bonchev–Trinajstić information content (AvgIpc) is 2.79. The molecule has 1 heterocycles. The maximum absolute atomic E-state index is 5.00. The lowest BCUT2D eigenvalue weighted by Crippen LogP contribution is -2.25. The molecule has 0 saturated carbocycles. The summed E-state index contributed by atoms with van der Waals surface area (Å²) in [5, 5.41) is 3.39. The molecule has 0 aromatic carbocycles. The van der Waals surface area contributed by atoms with Gasteiger partial charge in [-0.3, -0.25) is 0 Å². The van der Waals surface area contributed by atoms with Gasteiger partial charge < -0.3 is 14.6 Å². The van der Waals surface area contributed by atoms with Gasteiger partial charge in [0.1, 0.15) is 5.82 Å². The van der Waals surface area contributed by atoms with Crippen LogP contribution in [0.3, 0.4) is 0 Å². The average molecular weight is 239 g/mol. The zero-order chi connectivity index (χ0) is 12.5. The highest BCUT2D eigenvalue weighted by Crippen LogP contribution is 2.07. The summed E-state index contributed by atoms with van der Waals surface area (Å²) in [7, 11) is 1.73. The fourth-order valence-corrected chi connectivity index (χ4v) is 1.86. The van der Waals surface area contributed by atoms with Crippen molar-refractivity contribution in [3.8, 4) is 0 Å². The van der Waals surface area contributed by atoms with Crippen molar-refractivity contribution in [2.75, 3.05) is 26.8 Å². The number of ether oxygens (including phenoxy) is 1. The molecule has 0 saturated heterocycles. The van der Waals surface area contributed by atoms with Crippen LogP contribution in [0.25, 0.3) is 0 Å². The molecule has 17 heavy (non-hydrogen) atoms. The van der Waals surface area contributed by atoms with E-state index in [1.54, 1.807) is 7.11 Å². The van der Waals surface area contributed by atoms with Crippen LogP contribution in [0.5, 0.6) is 0 Å². The van der Waals surface area contributed by atoms with Crippen LogP contribution >= 0.6 is 0 Å². The largest absolute Gasteiger partial charge is 0.383 e. The zero-order valence-corrected chi connectivity index (χ0v) is 11.3. The van der Waals surface area contributed by atoms with E-state index in [4.69, 9.17) is 4.74 Å². The predicted molar refractivity (Wildman–Crippen MR) is 70.1 cm³/mol. The standard InChI is InChI=1S/C13H25N3O/c1-4-16-9-7-15-13(16)6-5-12(2)11-14-8-10-17-3/h7,9,12,14H,4-6,8,10-11H2,1-3H3. The monoisotopic (exact) mass is 239 g/mol. The fraction of sp³-hybridized carbons (Fsp3) is 0.769. The number of nitrogens with zero attached hydrogens (tertiary/aromatic N) is 2. The summed E-state index contributed by atoms with van der Waals surface area (Å²) in [4.78, 5) is 4.39. The van der Waals surface area contributed by atoms with Crippen LogP contribution < -0.4 is 5.32 Å². The number of methoxy groups -OCH3 is 1. The van der Waals surface area contributed by atoms with Crippen molar-refractivity contribution in [2.24, 2.45) is 5.92 Å². The number of imidazole rings is 1. The van der Waals surface area contributed by atoms with Gasteiger partial charge in [0, 0.05) is 39.0 Å². The van der Waals surface area contributed by atoms with Gasteiger partial charge in [-0.25, -0.2) is 4.98 Å². The molecule has 0 aliphatic carbocycles. The second-order valence-electron chi connectivity index (χ2n) is 4.47. The molecular formula is C13H25N3O. The number of aryl methyl sites for hydroxylation is 2. The number of aromatic nitrogens is 2. The van der Waals surface area contributed by atoms with E-state index >= 15 is 0 Å². The van der Waals surface area contributed by atoms with Gasteiger partial charge >= 0.3 is 0 Å². The van der Waals surface area contributed by atoms with Crippen molar-refractivity contribution in [3.63, 3.8) is 0 Å². The Hall–Kier alpha value is -0.870. The van der Waals surface area contributed by atoms with Crippen molar-refractivity contribution in [3.05, 3.63) is 18.2 Å². The molecule has 0 aliphatic heterocycles. The first-order valence-corrected chi connectivity index (χ1v) is 6.47. The molecule has 4 nitrogen and oxygen atoms in total. The molecule has 0 amide bonds. The van der Waals surface area contributed by atoms with Gasteiger partial charge in [-0.2, -0.15) is 0 Å². The van der Waals surface area contributed by atoms with Crippen molar-refractivity contribution >= 4 is 0 Å². The molecule has 1 aromatic rings. The van der Waals surface area contributed by atoms with Crippen LogP contribution in [0.1, 0.15) is 26.1 Å². The van der Waals surface area contributed by atoms with Gasteiger partial charge in [-0.05, 0) is 25.8 Å². The summed E-state index contributed by atoms with van der Waals surface area (Å²) in [5.41, 5.74) is 0. The number of rotatable bonds is 9. The molecule has 1 rings (SSSR count). The minimum atomic E-state index is 0.675. The van der Waals surface area contributed by atoms with E-state index in [1.165, 1.54) is 12.2 Å². The Morgan fingerprint density at radius 2 is 2.35 bits per heavy atom. The molecule has 0 spiro atoms. The Kier molecular flexibility index (Phi) is 6.89. The maximum Gasteiger partial charge on any atom is 0.108 e. The van der Waals surface area contributed by atoms with E-state index in [0.717, 1.165) is 32.7 Å². The van der Waals surface area contributed by atoms with E-state index < -0.39 is 0 Å². The Morgan fingerprint density at radius 3 is 3.06 bits per heavy atom. The number of hydrogen-bond acceptors (Lipinski definition) is 3. The van der Waals surface area contributed by atoms with Gasteiger partial charge in [-0.15, -0.1) is 0 Å². The summed E-state index contributed by atoms with van der Waals surface area (Å²) >= 11 is 0. The van der Waals surface area contributed by atoms with E-state index in [2.05, 4.69) is 34.9 Å². The van der Waals surface area contributed by atoms with E-state index in [9.17, 15) is 0 Å². The second kappa shape index (κ2) is 8.25. The van der Waals surface area contributed by atoms with E-state index in [-0.39, 0.29) is 0 Å². The fourth-order valence-electron chi connectivity index (χ4n) is 1.86. The highest BCUT2D eigenvalue weighted by Gasteiger charge is 2.05. The highest BCUT2D eigenvalue weighted by molar-refractivity contribution is 4.92. The van der Waals surface area contributed by atoms with Gasteiger partial charge in [0.25, 0.3) is 0 Å². The first-order valence-electron chi connectivity index (χ1n) is 6.47. The van der Waals surface area contributed by atoms with Crippen LogP contribution in [0.2, 0.25) is 0 Å². The molecule has 1 unspecified atom stereocenters. The lowest BCUT2D eigenvalue weighted by atomic mass is 10.1. The summed E-state index contributed by atoms with van der Waals surface area (Å²) < 4.78 is 7.21. The zero-order valence-electron chi connectivity index (χ0n) is 11.3. The predicted octanol–water partition coefficient (Wildman–Crippen LogP) is 1.71. The Labute approximate surface area is 104 Å². The molecule has 1 N–H and O–H groups in total. The molecule has 1 atom stereocenters. The lowest BCUT2D eigenvalue weighted by molar-refractivity contribution is 0.198. The van der Waals surface area contributed by atoms with Crippen LogP contribution in [-0.4, -0.2) is 36.4 Å². The molecule has 1 aromatic heterocycles. The van der Waals surface area contributed by atoms with Crippen molar-refractivity contribution in [1.29, 1.82) is 0 Å². The van der Waals surface area contributed by atoms with Crippen LogP contribution in [0.15, 0.2) is 12.4 Å². The third kappa shape index (κ3) is 5.33. The van der Waals surface area contributed by atoms with Crippen molar-refractivity contribution in [1.82, 2.24) is 14.9 Å². The first kappa shape index (κ1) is 14.2. The molecular weight excluding hydrogens is 214 g/mol. The van der Waals surface area contributed by atoms with Crippen LogP contribution in [0.4, 0.5) is 0 Å². The quantitative estimate of drug-likeness (QED) is 0.667. The number of nitrogens with one attached hydrogen (secondary N) is 1. The van der Waals surface area contributed by atoms with E-state index in [1.807, 2.05) is 6.20 Å². The summed E-state index contributed by atoms with van der Waals surface area (Å²) in [6.07, 6.45) is 6.18. The van der Waals surface area contributed by atoms with Gasteiger partial charge in [0.2, 0.25) is 0 Å². The van der Waals surface area contributed by atoms with Gasteiger partial charge in [0.15, 0.2) is 0 Å². The molecule has 0 bridgehead atoms. The van der Waals surface area contributed by atoms with Crippen LogP contribution in [0, 0.1) is 5.92 Å². The van der Waals surface area contributed by atoms with Crippen molar-refractivity contribution < 1.29 is 4.74 Å². The lowest BCUT2D eigenvalue weighted by Gasteiger charge is -2.12. The van der Waals surface area contributed by atoms with Crippen molar-refractivity contribution in [2.45, 2.75) is 33.2 Å². The highest BCUT2D eigenvalue weighted by atomic mass is 16.5. The number of hydrogen-bond donors (Lipinski definition) is 1. The first-order chi connectivity index (χ1) is 8.27. The topological polar surface area (TPSA) is 39.1 Å². The SMILES string of the molecule is CCn1ccnc1CCC(C)CNCCOC. The third-order valence-electron chi connectivity index (χ3n) is 2.98. The Bertz CT molecular complexity index is 299. The molecule has 0 fully saturated rings. The smallest absolute Gasteiger partial charge is 0.108 e. The molecule has 4 heteroatoms. The minimum Gasteiger partial charge on any atom is -0.383 e. The summed E-state index contributed by atoms with van der Waals surface area (Å²) in [6, 6.07) is 0. The van der Waals surface area contributed by atoms with Gasteiger partial charge in [0.05, 0.1) is 6.61 Å². The van der Waals surface area contributed by atoms with E-state index in [0.29, 0.717) is 5.92 Å². The molecule has 0 aliphatic rings. The van der Waals surface area contributed by atoms with Gasteiger partial charge in [-0.1, -0.05) is 6.92 Å². The Morgan fingerprint density at radius 1 is 1.53 bits per heavy atom. The Balaban J connectivity index is 2.17. The summed E-state index contributed by atoms with van der Waals surface area (Å²) in [5.74, 6) is 1.88. The third-order valence-corrected chi connectivity index (χ3v) is 2.98. The molecule has 98 valence electrons. The molecule has 0 radical (unpaired) electrons.